The maximum Gasteiger partial charge on any atom is 0.469 e. The summed E-state index contributed by atoms with van der Waals surface area (Å²) >= 11 is 0. The number of ether oxygens (including phenoxy) is 1. The molecule has 0 radical (unpaired) electrons. The monoisotopic (exact) mass is 303 g/mol. The molecule has 0 aliphatic carbocycles. The predicted molar refractivity (Wildman–Crippen MR) is 66.3 cm³/mol. The molecule has 1 aromatic heterocycles. The summed E-state index contributed by atoms with van der Waals surface area (Å²) in [5.41, 5.74) is 5.57. The molecule has 0 aromatic carbocycles. The van der Waals surface area contributed by atoms with E-state index in [9.17, 15) is 9.36 Å². The van der Waals surface area contributed by atoms with Gasteiger partial charge in [-0.2, -0.15) is 4.57 Å². The lowest BCUT2D eigenvalue weighted by atomic mass is 10.2. The van der Waals surface area contributed by atoms with Crippen molar-refractivity contribution in [3.8, 4) is 0 Å². The quantitative estimate of drug-likeness (QED) is 0.514. The fraction of sp³-hybridized carbons (Fsp3) is 0.455. The molecule has 2 atom stereocenters. The smallest absolute Gasteiger partial charge is 0.365 e. The summed E-state index contributed by atoms with van der Waals surface area (Å²) in [5, 5.41) is 0. The number of hydrogen-bond donors (Lipinski definition) is 3. The van der Waals surface area contributed by atoms with Crippen molar-refractivity contribution in [2.75, 3.05) is 6.61 Å². The predicted octanol–water partition coefficient (Wildman–Crippen LogP) is -0.140. The fourth-order valence-corrected chi connectivity index (χ4v) is 2.39. The Balaban J connectivity index is 1.97. The van der Waals surface area contributed by atoms with E-state index >= 15 is 0 Å². The van der Waals surface area contributed by atoms with Gasteiger partial charge in [-0.15, -0.1) is 0 Å². The van der Waals surface area contributed by atoms with Crippen LogP contribution in [0.3, 0.4) is 0 Å². The highest BCUT2D eigenvalue weighted by atomic mass is 31.2. The van der Waals surface area contributed by atoms with Crippen molar-refractivity contribution in [1.29, 1.82) is 0 Å². The van der Waals surface area contributed by atoms with Crippen LogP contribution in [0.2, 0.25) is 0 Å². The van der Waals surface area contributed by atoms with Gasteiger partial charge in [0.15, 0.2) is 12.4 Å². The Morgan fingerprint density at radius 3 is 2.95 bits per heavy atom. The van der Waals surface area contributed by atoms with Gasteiger partial charge in [0.1, 0.15) is 5.56 Å². The van der Waals surface area contributed by atoms with E-state index in [-0.39, 0.29) is 12.8 Å². The van der Waals surface area contributed by atoms with Crippen LogP contribution < -0.4 is 10.3 Å². The molecule has 0 saturated carbocycles. The van der Waals surface area contributed by atoms with Gasteiger partial charge in [-0.3, -0.25) is 9.32 Å². The number of rotatable bonds is 5. The summed E-state index contributed by atoms with van der Waals surface area (Å²) in [5.74, 6) is -0.529. The zero-order valence-electron chi connectivity index (χ0n) is 10.6. The van der Waals surface area contributed by atoms with Gasteiger partial charge in [-0.05, 0) is 12.5 Å². The van der Waals surface area contributed by atoms with Gasteiger partial charge in [-0.1, -0.05) is 0 Å². The standard InChI is InChI=1S/C11H15N2O6P/c12-11(14)8-2-1-5-13(6-8)10-4-3-9(19-10)7-18-20(15,16)17/h1-2,5-6,9-10H,3-4,7H2,(H3-,12,14,15,16,17)/p+1/t9-,10?/m0/s1. The second-order valence-corrected chi connectivity index (χ2v) is 5.72. The zero-order valence-corrected chi connectivity index (χ0v) is 11.5. The van der Waals surface area contributed by atoms with Gasteiger partial charge < -0.3 is 20.3 Å². The molecule has 9 heteroatoms. The number of primary amides is 1. The number of hydrogen-bond acceptors (Lipinski definition) is 4. The van der Waals surface area contributed by atoms with Gasteiger partial charge in [0, 0.05) is 12.5 Å². The molecule has 110 valence electrons. The Labute approximate surface area is 115 Å². The van der Waals surface area contributed by atoms with Crippen LogP contribution in [-0.2, 0) is 13.8 Å². The molecule has 1 aliphatic rings. The highest BCUT2D eigenvalue weighted by Crippen LogP contribution is 2.37. The Kier molecular flexibility index (Phi) is 4.52. The largest absolute Gasteiger partial charge is 0.469 e. The van der Waals surface area contributed by atoms with Crippen molar-refractivity contribution in [3.63, 3.8) is 0 Å². The van der Waals surface area contributed by atoms with Crippen LogP contribution in [0.15, 0.2) is 24.5 Å². The molecule has 4 N–H and O–H groups in total. The second kappa shape index (κ2) is 5.99. The first kappa shape index (κ1) is 15.1. The molecular weight excluding hydrogens is 287 g/mol. The molecule has 1 aliphatic heterocycles. The lowest BCUT2D eigenvalue weighted by Gasteiger charge is -2.11. The molecule has 1 unspecified atom stereocenters. The molecule has 2 heterocycles. The average Bonchev–Trinajstić information content (AvgIpc) is 2.84. The van der Waals surface area contributed by atoms with Crippen LogP contribution in [0.25, 0.3) is 0 Å². The van der Waals surface area contributed by atoms with Crippen molar-refractivity contribution >= 4 is 13.7 Å². The lowest BCUT2D eigenvalue weighted by Crippen LogP contribution is -2.40. The number of amides is 1. The Hall–Kier alpha value is -1.31. The molecule has 1 saturated heterocycles. The zero-order chi connectivity index (χ0) is 14.8. The van der Waals surface area contributed by atoms with Crippen LogP contribution >= 0.6 is 7.82 Å². The van der Waals surface area contributed by atoms with Crippen molar-refractivity contribution in [1.82, 2.24) is 0 Å². The van der Waals surface area contributed by atoms with Crippen LogP contribution in [-0.4, -0.2) is 28.4 Å². The van der Waals surface area contributed by atoms with E-state index in [0.29, 0.717) is 18.4 Å². The summed E-state index contributed by atoms with van der Waals surface area (Å²) in [6.07, 6.45) is 3.89. The van der Waals surface area contributed by atoms with Crippen molar-refractivity contribution in [2.45, 2.75) is 25.2 Å². The first-order valence-corrected chi connectivity index (χ1v) is 7.54. The number of pyridine rings is 1. The Bertz CT molecular complexity index is 545. The van der Waals surface area contributed by atoms with E-state index in [2.05, 4.69) is 4.52 Å². The van der Waals surface area contributed by atoms with Crippen LogP contribution in [0.1, 0.15) is 29.4 Å². The summed E-state index contributed by atoms with van der Waals surface area (Å²) < 4.78 is 22.4. The lowest BCUT2D eigenvalue weighted by molar-refractivity contribution is -0.759. The van der Waals surface area contributed by atoms with E-state index < -0.39 is 19.8 Å². The number of carbonyl (C=O) groups excluding carboxylic acids is 1. The van der Waals surface area contributed by atoms with Crippen LogP contribution in [0, 0.1) is 0 Å². The molecular formula is C11H16N2O6P+. The van der Waals surface area contributed by atoms with Crippen molar-refractivity contribution in [3.05, 3.63) is 30.1 Å². The number of nitrogens with zero attached hydrogens (tertiary/aromatic N) is 1. The number of phosphoric ester groups is 1. The third-order valence-electron chi connectivity index (χ3n) is 2.95. The molecule has 2 rings (SSSR count). The Morgan fingerprint density at radius 1 is 1.55 bits per heavy atom. The molecule has 8 nitrogen and oxygen atoms in total. The average molecular weight is 303 g/mol. The summed E-state index contributed by atoms with van der Waals surface area (Å²) in [6.45, 7) is -0.170. The van der Waals surface area contributed by atoms with Gasteiger partial charge in [-0.25, -0.2) is 4.57 Å². The minimum Gasteiger partial charge on any atom is -0.365 e. The highest BCUT2D eigenvalue weighted by Gasteiger charge is 2.33. The molecule has 20 heavy (non-hydrogen) atoms. The summed E-state index contributed by atoms with van der Waals surface area (Å²) in [4.78, 5) is 28.4. The Morgan fingerprint density at radius 2 is 2.30 bits per heavy atom. The maximum absolute atomic E-state index is 11.1. The van der Waals surface area contributed by atoms with Gasteiger partial charge in [0.25, 0.3) is 12.1 Å². The summed E-state index contributed by atoms with van der Waals surface area (Å²) in [6, 6.07) is 3.28. The van der Waals surface area contributed by atoms with Crippen molar-refractivity contribution < 1.29 is 33.0 Å². The van der Waals surface area contributed by atoms with E-state index in [4.69, 9.17) is 20.3 Å². The molecule has 1 amide bonds. The van der Waals surface area contributed by atoms with E-state index in [1.807, 2.05) is 0 Å². The third kappa shape index (κ3) is 4.09. The highest BCUT2D eigenvalue weighted by molar-refractivity contribution is 7.46. The minimum atomic E-state index is -4.48. The first-order valence-electron chi connectivity index (χ1n) is 6.01. The second-order valence-electron chi connectivity index (χ2n) is 4.48. The number of aromatic nitrogens is 1. The van der Waals surface area contributed by atoms with Crippen molar-refractivity contribution in [2.24, 2.45) is 5.73 Å². The van der Waals surface area contributed by atoms with Gasteiger partial charge in [0.2, 0.25) is 0 Å². The normalized spacial score (nSPS) is 22.9. The molecule has 1 aromatic rings. The molecule has 0 spiro atoms. The minimum absolute atomic E-state index is 0.170. The van der Waals surface area contributed by atoms with Crippen LogP contribution in [0.4, 0.5) is 0 Å². The van der Waals surface area contributed by atoms with Gasteiger partial charge >= 0.3 is 7.82 Å². The molecule has 0 bridgehead atoms. The van der Waals surface area contributed by atoms with Gasteiger partial charge in [0.05, 0.1) is 12.7 Å². The number of nitrogens with two attached hydrogens (primary N) is 1. The van der Waals surface area contributed by atoms with E-state index in [1.54, 1.807) is 29.1 Å². The third-order valence-corrected chi connectivity index (χ3v) is 3.44. The summed E-state index contributed by atoms with van der Waals surface area (Å²) in [7, 11) is -4.48. The maximum atomic E-state index is 11.1. The number of carbonyl (C=O) groups is 1. The SMILES string of the molecule is NC(=O)c1ccc[n+](C2CC[C@@H](COP(=O)(O)O)O2)c1. The van der Waals surface area contributed by atoms with E-state index in [0.717, 1.165) is 0 Å². The topological polar surface area (TPSA) is 123 Å². The first-order chi connectivity index (χ1) is 9.35. The fourth-order valence-electron chi connectivity index (χ4n) is 2.03. The molecule has 1 fully saturated rings. The number of phosphoric acid groups is 1. The van der Waals surface area contributed by atoms with E-state index in [1.165, 1.54) is 0 Å². The van der Waals surface area contributed by atoms with Crippen LogP contribution in [0.5, 0.6) is 0 Å².